The molecular weight excluding hydrogens is 122 g/mol. The molecule has 0 radical (unpaired) electrons. The maximum Gasteiger partial charge on any atom is 0.314 e. The molecule has 0 spiro atoms. The van der Waals surface area contributed by atoms with Gasteiger partial charge in [-0.3, -0.25) is 4.79 Å². The lowest BCUT2D eigenvalue weighted by molar-refractivity contribution is -0.117. The fraction of sp³-hybridized carbons (Fsp3) is 0.500. The van der Waals surface area contributed by atoms with Crippen molar-refractivity contribution < 1.29 is 9.59 Å². The molecule has 5 nitrogen and oxygen atoms in total. The highest BCUT2D eigenvalue weighted by Gasteiger charge is 1.96. The Balaban J connectivity index is 3.28. The zero-order chi connectivity index (χ0) is 7.28. The van der Waals surface area contributed by atoms with Gasteiger partial charge < -0.3 is 16.4 Å². The van der Waals surface area contributed by atoms with Crippen molar-refractivity contribution in [1.29, 1.82) is 0 Å². The second-order valence-electron chi connectivity index (χ2n) is 1.40. The number of carbonyl (C=O) groups is 2. The summed E-state index contributed by atoms with van der Waals surface area (Å²) in [4.78, 5) is 20.3. The highest BCUT2D eigenvalue weighted by Crippen LogP contribution is 1.58. The van der Waals surface area contributed by atoms with Crippen LogP contribution in [0.15, 0.2) is 0 Å². The van der Waals surface area contributed by atoms with Crippen molar-refractivity contribution in [3.63, 3.8) is 0 Å². The van der Waals surface area contributed by atoms with E-state index in [0.29, 0.717) is 0 Å². The molecule has 52 valence electrons. The zero-order valence-corrected chi connectivity index (χ0v) is 5.10. The third-order valence-corrected chi connectivity index (χ3v) is 0.650. The van der Waals surface area contributed by atoms with Gasteiger partial charge in [-0.15, -0.1) is 0 Å². The first kappa shape index (κ1) is 7.74. The lowest BCUT2D eigenvalue weighted by atomic mass is 10.6. The van der Waals surface area contributed by atoms with Crippen molar-refractivity contribution >= 4 is 11.9 Å². The number of primary amides is 1. The second kappa shape index (κ2) is 3.71. The molecule has 3 amide bonds. The minimum atomic E-state index is -0.557. The second-order valence-corrected chi connectivity index (χ2v) is 1.40. The number of carbonyl (C=O) groups excluding carboxylic acids is 2. The third kappa shape index (κ3) is 4.60. The molecule has 0 fully saturated rings. The molecule has 0 aromatic rings. The summed E-state index contributed by atoms with van der Waals surface area (Å²) in [5.74, 6) is -0.557. The number of nitrogens with one attached hydrogen (secondary N) is 2. The van der Waals surface area contributed by atoms with E-state index in [9.17, 15) is 9.59 Å². The van der Waals surface area contributed by atoms with Gasteiger partial charge in [-0.1, -0.05) is 0 Å². The summed E-state index contributed by atoms with van der Waals surface area (Å²) >= 11 is 0. The Kier molecular flexibility index (Phi) is 3.19. The standard InChI is InChI=1S/C4H9N3O2/c1-6-4(9)7-2-3(5)8/h2H2,1H3,(H2,5,8)(H2,6,7,9). The molecular formula is C4H9N3O2. The van der Waals surface area contributed by atoms with Gasteiger partial charge in [0, 0.05) is 7.05 Å². The van der Waals surface area contributed by atoms with Crippen LogP contribution in [0.2, 0.25) is 0 Å². The maximum atomic E-state index is 10.3. The Labute approximate surface area is 52.6 Å². The molecule has 0 rings (SSSR count). The van der Waals surface area contributed by atoms with Crippen LogP contribution in [0.1, 0.15) is 0 Å². The van der Waals surface area contributed by atoms with Gasteiger partial charge in [0.2, 0.25) is 5.91 Å². The van der Waals surface area contributed by atoms with Gasteiger partial charge in [-0.05, 0) is 0 Å². The van der Waals surface area contributed by atoms with Gasteiger partial charge in [0.1, 0.15) is 0 Å². The summed E-state index contributed by atoms with van der Waals surface area (Å²) in [6.07, 6.45) is 0. The highest BCUT2D eigenvalue weighted by molar-refractivity contribution is 5.82. The van der Waals surface area contributed by atoms with Crippen LogP contribution in [0.4, 0.5) is 4.79 Å². The summed E-state index contributed by atoms with van der Waals surface area (Å²) in [5, 5.41) is 4.47. The SMILES string of the molecule is CNC(=O)NCC(N)=O. The first-order chi connectivity index (χ1) is 4.16. The number of amides is 3. The molecule has 0 bridgehead atoms. The van der Waals surface area contributed by atoms with E-state index in [-0.39, 0.29) is 6.54 Å². The minimum absolute atomic E-state index is 0.125. The van der Waals surface area contributed by atoms with Gasteiger partial charge in [0.15, 0.2) is 0 Å². The molecule has 0 aliphatic carbocycles. The van der Waals surface area contributed by atoms with Gasteiger partial charge >= 0.3 is 6.03 Å². The largest absolute Gasteiger partial charge is 0.368 e. The Hall–Kier alpha value is -1.26. The number of hydrogen-bond donors (Lipinski definition) is 3. The molecule has 5 heteroatoms. The van der Waals surface area contributed by atoms with E-state index >= 15 is 0 Å². The minimum Gasteiger partial charge on any atom is -0.368 e. The topological polar surface area (TPSA) is 84.2 Å². The van der Waals surface area contributed by atoms with Gasteiger partial charge in [0.25, 0.3) is 0 Å². The van der Waals surface area contributed by atoms with Crippen molar-refractivity contribution in [2.24, 2.45) is 5.73 Å². The van der Waals surface area contributed by atoms with E-state index in [1.807, 2.05) is 0 Å². The summed E-state index contributed by atoms with van der Waals surface area (Å²) in [7, 11) is 1.45. The van der Waals surface area contributed by atoms with Crippen LogP contribution in [0, 0.1) is 0 Å². The monoisotopic (exact) mass is 131 g/mol. The fourth-order valence-electron chi connectivity index (χ4n) is 0.256. The van der Waals surface area contributed by atoms with Crippen LogP contribution < -0.4 is 16.4 Å². The van der Waals surface area contributed by atoms with Crippen molar-refractivity contribution in [3.05, 3.63) is 0 Å². The van der Waals surface area contributed by atoms with Crippen molar-refractivity contribution in [2.75, 3.05) is 13.6 Å². The van der Waals surface area contributed by atoms with Crippen LogP contribution in [0.5, 0.6) is 0 Å². The third-order valence-electron chi connectivity index (χ3n) is 0.650. The predicted octanol–water partition coefficient (Wildman–Crippen LogP) is -1.60. The molecule has 0 aliphatic rings. The Morgan fingerprint density at radius 1 is 1.56 bits per heavy atom. The average molecular weight is 131 g/mol. The number of hydrogen-bond acceptors (Lipinski definition) is 2. The van der Waals surface area contributed by atoms with Gasteiger partial charge in [-0.25, -0.2) is 4.79 Å². The lowest BCUT2D eigenvalue weighted by Crippen LogP contribution is -2.38. The first-order valence-corrected chi connectivity index (χ1v) is 2.40. The first-order valence-electron chi connectivity index (χ1n) is 2.40. The van der Waals surface area contributed by atoms with Crippen LogP contribution in [-0.4, -0.2) is 25.5 Å². The zero-order valence-electron chi connectivity index (χ0n) is 5.10. The van der Waals surface area contributed by atoms with E-state index < -0.39 is 11.9 Å². The summed E-state index contributed by atoms with van der Waals surface area (Å²) in [6.45, 7) is -0.125. The van der Waals surface area contributed by atoms with E-state index in [0.717, 1.165) is 0 Å². The summed E-state index contributed by atoms with van der Waals surface area (Å²) in [6, 6.07) is -0.409. The normalized spacial score (nSPS) is 8.11. The summed E-state index contributed by atoms with van der Waals surface area (Å²) < 4.78 is 0. The molecule has 0 saturated carbocycles. The molecule has 9 heavy (non-hydrogen) atoms. The van der Waals surface area contributed by atoms with Crippen LogP contribution >= 0.6 is 0 Å². The molecule has 0 aliphatic heterocycles. The Bertz CT molecular complexity index is 123. The lowest BCUT2D eigenvalue weighted by Gasteiger charge is -1.98. The number of urea groups is 1. The van der Waals surface area contributed by atoms with Crippen molar-refractivity contribution in [3.8, 4) is 0 Å². The number of rotatable bonds is 2. The van der Waals surface area contributed by atoms with Crippen LogP contribution in [0.3, 0.4) is 0 Å². The van der Waals surface area contributed by atoms with E-state index in [4.69, 9.17) is 5.73 Å². The molecule has 0 aromatic carbocycles. The maximum absolute atomic E-state index is 10.3. The van der Waals surface area contributed by atoms with Crippen molar-refractivity contribution in [2.45, 2.75) is 0 Å². The average Bonchev–Trinajstić information content (AvgIpc) is 1.83. The van der Waals surface area contributed by atoms with Gasteiger partial charge in [-0.2, -0.15) is 0 Å². The Morgan fingerprint density at radius 2 is 2.11 bits per heavy atom. The van der Waals surface area contributed by atoms with Gasteiger partial charge in [0.05, 0.1) is 6.54 Å². The fourth-order valence-corrected chi connectivity index (χ4v) is 0.256. The highest BCUT2D eigenvalue weighted by atomic mass is 16.2. The van der Waals surface area contributed by atoms with E-state index in [1.165, 1.54) is 7.05 Å². The molecule has 0 saturated heterocycles. The molecule has 0 atom stereocenters. The summed E-state index contributed by atoms with van der Waals surface area (Å²) in [5.41, 5.74) is 4.71. The molecule has 0 unspecified atom stereocenters. The molecule has 0 aromatic heterocycles. The number of nitrogens with two attached hydrogens (primary N) is 1. The van der Waals surface area contributed by atoms with E-state index in [2.05, 4.69) is 10.6 Å². The molecule has 0 heterocycles. The molecule has 4 N–H and O–H groups in total. The smallest absolute Gasteiger partial charge is 0.314 e. The van der Waals surface area contributed by atoms with Crippen molar-refractivity contribution in [1.82, 2.24) is 10.6 Å². The Morgan fingerprint density at radius 3 is 2.44 bits per heavy atom. The quantitative estimate of drug-likeness (QED) is 0.421. The van der Waals surface area contributed by atoms with Crippen LogP contribution in [0.25, 0.3) is 0 Å². The van der Waals surface area contributed by atoms with Crippen LogP contribution in [-0.2, 0) is 4.79 Å². The predicted molar refractivity (Wildman–Crippen MR) is 31.7 cm³/mol. The van der Waals surface area contributed by atoms with E-state index in [1.54, 1.807) is 0 Å².